The molecule has 8 nitrogen and oxygen atoms in total. The van der Waals surface area contributed by atoms with Crippen molar-refractivity contribution in [3.63, 3.8) is 0 Å². The molecule has 1 saturated heterocycles. The number of halogens is 1. The molecule has 9 heteroatoms. The first-order chi connectivity index (χ1) is 13.2. The maximum atomic E-state index is 12.3. The van der Waals surface area contributed by atoms with Gasteiger partial charge in [0.1, 0.15) is 5.60 Å². The lowest BCUT2D eigenvalue weighted by Crippen LogP contribution is -2.43. The topological polar surface area (TPSA) is 98.4 Å². The molecule has 0 saturated carbocycles. The number of carbonyl (C=O) groups excluding carboxylic acids is 1. The Kier molecular flexibility index (Phi) is 9.81. The van der Waals surface area contributed by atoms with Crippen molar-refractivity contribution in [3.05, 3.63) is 18.2 Å². The van der Waals surface area contributed by atoms with Gasteiger partial charge in [-0.2, -0.15) is 0 Å². The number of likely N-dealkylation sites (tertiary alicyclic amines) is 1. The quantitative estimate of drug-likeness (QED) is 0.349. The number of aliphatic imine (C=N–C) groups is 1. The first kappa shape index (κ1) is 25.1. The van der Waals surface area contributed by atoms with E-state index in [1.807, 2.05) is 26.8 Å². The van der Waals surface area contributed by atoms with E-state index in [4.69, 9.17) is 19.9 Å². The van der Waals surface area contributed by atoms with E-state index in [2.05, 4.69) is 10.3 Å². The van der Waals surface area contributed by atoms with Gasteiger partial charge in [0.2, 0.25) is 0 Å². The number of methoxy groups -OCH3 is 2. The zero-order valence-electron chi connectivity index (χ0n) is 17.9. The number of hydrogen-bond acceptors (Lipinski definition) is 5. The van der Waals surface area contributed by atoms with Crippen LogP contribution < -0.4 is 20.5 Å². The lowest BCUT2D eigenvalue weighted by molar-refractivity contribution is 0.0171. The second kappa shape index (κ2) is 11.3. The molecule has 1 heterocycles. The molecule has 1 amide bonds. The molecule has 1 fully saturated rings. The Bertz CT molecular complexity index is 706. The van der Waals surface area contributed by atoms with Crippen LogP contribution in [0.25, 0.3) is 0 Å². The van der Waals surface area contributed by atoms with Crippen LogP contribution in [0, 0.1) is 5.92 Å². The lowest BCUT2D eigenvalue weighted by atomic mass is 9.98. The minimum atomic E-state index is -0.490. The van der Waals surface area contributed by atoms with Crippen LogP contribution >= 0.6 is 24.0 Å². The molecule has 1 atom stereocenters. The highest BCUT2D eigenvalue weighted by atomic mass is 127. The number of rotatable bonds is 5. The largest absolute Gasteiger partial charge is 0.493 e. The Morgan fingerprint density at radius 3 is 2.59 bits per heavy atom. The predicted octanol–water partition coefficient (Wildman–Crippen LogP) is 3.70. The third-order valence-corrected chi connectivity index (χ3v) is 4.35. The van der Waals surface area contributed by atoms with E-state index in [-0.39, 0.29) is 36.0 Å². The molecule has 0 aromatic heterocycles. The summed E-state index contributed by atoms with van der Waals surface area (Å²) in [5, 5.41) is 3.06. The second-order valence-corrected chi connectivity index (χ2v) is 7.86. The van der Waals surface area contributed by atoms with Crippen molar-refractivity contribution in [1.29, 1.82) is 0 Å². The van der Waals surface area contributed by atoms with E-state index in [1.54, 1.807) is 31.3 Å². The molecule has 3 N–H and O–H groups in total. The van der Waals surface area contributed by atoms with Crippen LogP contribution in [0.5, 0.6) is 11.5 Å². The molecule has 0 bridgehead atoms. The van der Waals surface area contributed by atoms with Crippen molar-refractivity contribution in [2.75, 3.05) is 39.2 Å². The Labute approximate surface area is 190 Å². The Balaban J connectivity index is 0.00000420. The molecule has 2 rings (SSSR count). The van der Waals surface area contributed by atoms with Crippen molar-refractivity contribution >= 4 is 41.7 Å². The van der Waals surface area contributed by atoms with E-state index in [0.717, 1.165) is 18.5 Å². The number of anilines is 1. The van der Waals surface area contributed by atoms with Gasteiger partial charge in [-0.1, -0.05) is 0 Å². The molecular weight excluding hydrogens is 487 g/mol. The second-order valence-electron chi connectivity index (χ2n) is 7.86. The fourth-order valence-electron chi connectivity index (χ4n) is 3.04. The number of guanidine groups is 1. The standard InChI is InChI=1S/C20H32N4O4.HI/c1-20(2,3)28-19(25)24-10-6-7-14(13-24)12-22-18(21)23-15-8-9-16(26-4)17(11-15)27-5;/h8-9,11,14H,6-7,10,12-13H2,1-5H3,(H3,21,22,23);1H. The molecule has 1 aliphatic rings. The summed E-state index contributed by atoms with van der Waals surface area (Å²) in [6.45, 7) is 7.51. The number of amides is 1. The molecule has 0 radical (unpaired) electrons. The highest BCUT2D eigenvalue weighted by Gasteiger charge is 2.27. The van der Waals surface area contributed by atoms with Gasteiger partial charge in [-0.15, -0.1) is 24.0 Å². The van der Waals surface area contributed by atoms with Gasteiger partial charge in [-0.25, -0.2) is 4.79 Å². The van der Waals surface area contributed by atoms with Gasteiger partial charge in [0.05, 0.1) is 14.2 Å². The maximum absolute atomic E-state index is 12.3. The van der Waals surface area contributed by atoms with Crippen LogP contribution in [0.2, 0.25) is 0 Å². The number of nitrogens with one attached hydrogen (secondary N) is 1. The average molecular weight is 520 g/mol. The molecule has 1 unspecified atom stereocenters. The highest BCUT2D eigenvalue weighted by Crippen LogP contribution is 2.29. The van der Waals surface area contributed by atoms with Crippen LogP contribution in [-0.4, -0.2) is 56.4 Å². The van der Waals surface area contributed by atoms with Gasteiger partial charge in [0.25, 0.3) is 0 Å². The first-order valence-corrected chi connectivity index (χ1v) is 9.48. The van der Waals surface area contributed by atoms with Crippen LogP contribution in [0.1, 0.15) is 33.6 Å². The van der Waals surface area contributed by atoms with Gasteiger partial charge < -0.3 is 30.2 Å². The molecule has 1 aromatic carbocycles. The van der Waals surface area contributed by atoms with Crippen molar-refractivity contribution in [2.45, 2.75) is 39.2 Å². The number of ether oxygens (including phenoxy) is 3. The average Bonchev–Trinajstić information content (AvgIpc) is 2.65. The smallest absolute Gasteiger partial charge is 0.410 e. The zero-order chi connectivity index (χ0) is 20.7. The first-order valence-electron chi connectivity index (χ1n) is 9.48. The molecule has 164 valence electrons. The van der Waals surface area contributed by atoms with Crippen LogP contribution in [0.3, 0.4) is 0 Å². The number of carbonyl (C=O) groups is 1. The van der Waals surface area contributed by atoms with Gasteiger partial charge >= 0.3 is 6.09 Å². The number of piperidine rings is 1. The number of benzene rings is 1. The van der Waals surface area contributed by atoms with Gasteiger partial charge in [0, 0.05) is 31.4 Å². The molecule has 29 heavy (non-hydrogen) atoms. The van der Waals surface area contributed by atoms with E-state index in [0.29, 0.717) is 37.1 Å². The Morgan fingerprint density at radius 1 is 1.28 bits per heavy atom. The van der Waals surface area contributed by atoms with Gasteiger partial charge in [0.15, 0.2) is 17.5 Å². The fourth-order valence-corrected chi connectivity index (χ4v) is 3.04. The van der Waals surface area contributed by atoms with Gasteiger partial charge in [-0.3, -0.25) is 4.99 Å². The monoisotopic (exact) mass is 520 g/mol. The summed E-state index contributed by atoms with van der Waals surface area (Å²) >= 11 is 0. The minimum Gasteiger partial charge on any atom is -0.493 e. The number of nitrogens with zero attached hydrogens (tertiary/aromatic N) is 2. The molecule has 0 aliphatic carbocycles. The Morgan fingerprint density at radius 2 is 1.97 bits per heavy atom. The van der Waals surface area contributed by atoms with Crippen LogP contribution in [0.4, 0.5) is 10.5 Å². The molecule has 1 aliphatic heterocycles. The Hall–Kier alpha value is -1.91. The summed E-state index contributed by atoms with van der Waals surface area (Å²) < 4.78 is 16.0. The third-order valence-electron chi connectivity index (χ3n) is 4.35. The summed E-state index contributed by atoms with van der Waals surface area (Å²) in [6.07, 6.45) is 1.67. The summed E-state index contributed by atoms with van der Waals surface area (Å²) in [5.41, 5.74) is 6.30. The van der Waals surface area contributed by atoms with Crippen LogP contribution in [-0.2, 0) is 4.74 Å². The minimum absolute atomic E-state index is 0. The van der Waals surface area contributed by atoms with Crippen molar-refractivity contribution in [1.82, 2.24) is 4.90 Å². The number of hydrogen-bond donors (Lipinski definition) is 2. The normalized spacial score (nSPS) is 17.2. The van der Waals surface area contributed by atoms with Gasteiger partial charge in [-0.05, 0) is 51.7 Å². The van der Waals surface area contributed by atoms with E-state index in [9.17, 15) is 4.79 Å². The van der Waals surface area contributed by atoms with E-state index in [1.165, 1.54) is 0 Å². The van der Waals surface area contributed by atoms with Crippen LogP contribution in [0.15, 0.2) is 23.2 Å². The zero-order valence-corrected chi connectivity index (χ0v) is 20.2. The predicted molar refractivity (Wildman–Crippen MR) is 126 cm³/mol. The van der Waals surface area contributed by atoms with Crippen molar-refractivity contribution < 1.29 is 19.0 Å². The lowest BCUT2D eigenvalue weighted by Gasteiger charge is -2.33. The van der Waals surface area contributed by atoms with Crippen molar-refractivity contribution in [2.24, 2.45) is 16.6 Å². The third kappa shape index (κ3) is 8.15. The number of nitrogens with two attached hydrogens (primary N) is 1. The SMILES string of the molecule is COc1ccc(NC(N)=NCC2CCCN(C(=O)OC(C)(C)C)C2)cc1OC.I. The summed E-state index contributed by atoms with van der Waals surface area (Å²) in [7, 11) is 3.17. The summed E-state index contributed by atoms with van der Waals surface area (Å²) in [5.74, 6) is 1.84. The van der Waals surface area contributed by atoms with Crippen molar-refractivity contribution in [3.8, 4) is 11.5 Å². The molecular formula is C20H33IN4O4. The maximum Gasteiger partial charge on any atom is 0.410 e. The summed E-state index contributed by atoms with van der Waals surface area (Å²) in [4.78, 5) is 18.5. The molecule has 1 aromatic rings. The summed E-state index contributed by atoms with van der Waals surface area (Å²) in [6, 6.07) is 5.44. The highest BCUT2D eigenvalue weighted by molar-refractivity contribution is 14.0. The molecule has 0 spiro atoms. The van der Waals surface area contributed by atoms with E-state index < -0.39 is 5.60 Å². The van der Waals surface area contributed by atoms with E-state index >= 15 is 0 Å². The fraction of sp³-hybridized carbons (Fsp3) is 0.600.